The third-order valence-electron chi connectivity index (χ3n) is 5.34. The molecule has 1 amide bonds. The molecule has 31 heavy (non-hydrogen) atoms. The first kappa shape index (κ1) is 20.8. The van der Waals surface area contributed by atoms with Crippen molar-refractivity contribution >= 4 is 33.3 Å². The van der Waals surface area contributed by atoms with E-state index in [-0.39, 0.29) is 11.9 Å². The van der Waals surface area contributed by atoms with Gasteiger partial charge in [-0.1, -0.05) is 0 Å². The van der Waals surface area contributed by atoms with Crippen molar-refractivity contribution in [2.75, 3.05) is 5.32 Å². The third kappa shape index (κ3) is 3.51. The average Bonchev–Trinajstić information content (AvgIpc) is 3.36. The van der Waals surface area contributed by atoms with Crippen molar-refractivity contribution in [1.82, 2.24) is 14.8 Å². The third-order valence-corrected chi connectivity index (χ3v) is 6.46. The highest BCUT2D eigenvalue weighted by Gasteiger charge is 2.22. The monoisotopic (exact) mass is 433 g/mol. The first-order valence-corrected chi connectivity index (χ1v) is 10.8. The maximum absolute atomic E-state index is 13.4. The van der Waals surface area contributed by atoms with Crippen molar-refractivity contribution in [3.63, 3.8) is 0 Å². The van der Waals surface area contributed by atoms with E-state index in [1.54, 1.807) is 16.9 Å². The predicted molar refractivity (Wildman–Crippen MR) is 122 cm³/mol. The lowest BCUT2D eigenvalue weighted by molar-refractivity contribution is 0.102. The number of nitrogens with zero attached hydrogens (tertiary/aromatic N) is 4. The van der Waals surface area contributed by atoms with Crippen molar-refractivity contribution < 1.29 is 9.21 Å². The van der Waals surface area contributed by atoms with Crippen LogP contribution in [-0.2, 0) is 0 Å². The van der Waals surface area contributed by atoms with E-state index in [1.807, 2.05) is 47.6 Å². The molecule has 0 radical (unpaired) electrons. The maximum Gasteiger partial charge on any atom is 0.257 e. The van der Waals surface area contributed by atoms with Gasteiger partial charge in [-0.15, -0.1) is 11.3 Å². The molecular formula is C23H23N5O2S. The van der Waals surface area contributed by atoms with E-state index in [0.29, 0.717) is 32.9 Å². The first-order valence-electron chi connectivity index (χ1n) is 9.98. The number of rotatable bonds is 4. The minimum atomic E-state index is -0.299. The number of pyridine rings is 1. The topological polar surface area (TPSA) is 96.7 Å². The van der Waals surface area contributed by atoms with Gasteiger partial charge in [-0.3, -0.25) is 4.79 Å². The van der Waals surface area contributed by atoms with Gasteiger partial charge in [0.15, 0.2) is 5.65 Å². The molecule has 158 valence electrons. The molecule has 0 fully saturated rings. The molecule has 0 saturated heterocycles. The second-order valence-corrected chi connectivity index (χ2v) is 9.08. The van der Waals surface area contributed by atoms with E-state index in [2.05, 4.69) is 16.5 Å². The normalized spacial score (nSPS) is 11.3. The Morgan fingerprint density at radius 1 is 1.26 bits per heavy atom. The van der Waals surface area contributed by atoms with Gasteiger partial charge < -0.3 is 9.73 Å². The number of hydrogen-bond donors (Lipinski definition) is 1. The van der Waals surface area contributed by atoms with Crippen LogP contribution in [0.4, 0.5) is 5.00 Å². The number of thiophene rings is 1. The standard InChI is InChI=1S/C23H23N5O2S/c1-11(2)28-21-19(10-25-28)17(8-20(26-21)16-7-12(3)30-14(16)5)22(29)27-23-18(9-24)13(4)15(6)31-23/h7-8,10-11H,1-6H3,(H,27,29). The summed E-state index contributed by atoms with van der Waals surface area (Å²) >= 11 is 1.40. The summed E-state index contributed by atoms with van der Waals surface area (Å²) in [5.41, 5.74) is 3.97. The zero-order valence-corrected chi connectivity index (χ0v) is 19.1. The van der Waals surface area contributed by atoms with Gasteiger partial charge in [0.1, 0.15) is 22.6 Å². The van der Waals surface area contributed by atoms with E-state index in [1.165, 1.54) is 11.3 Å². The Labute approximate surface area is 184 Å². The highest BCUT2D eigenvalue weighted by molar-refractivity contribution is 7.16. The van der Waals surface area contributed by atoms with E-state index in [0.717, 1.165) is 27.5 Å². The van der Waals surface area contributed by atoms with Crippen LogP contribution >= 0.6 is 11.3 Å². The molecule has 8 heteroatoms. The molecule has 7 nitrogen and oxygen atoms in total. The number of fused-ring (bicyclic) bond motifs is 1. The van der Waals surface area contributed by atoms with Gasteiger partial charge in [-0.25, -0.2) is 9.67 Å². The molecule has 0 unspecified atom stereocenters. The number of hydrogen-bond acceptors (Lipinski definition) is 6. The summed E-state index contributed by atoms with van der Waals surface area (Å²) in [4.78, 5) is 19.2. The number of amides is 1. The van der Waals surface area contributed by atoms with Crippen molar-refractivity contribution in [2.45, 2.75) is 47.6 Å². The van der Waals surface area contributed by atoms with Crippen molar-refractivity contribution in [1.29, 1.82) is 5.26 Å². The summed E-state index contributed by atoms with van der Waals surface area (Å²) in [7, 11) is 0. The summed E-state index contributed by atoms with van der Waals surface area (Å²) in [6.45, 7) is 11.6. The summed E-state index contributed by atoms with van der Waals surface area (Å²) in [6, 6.07) is 5.96. The van der Waals surface area contributed by atoms with E-state index >= 15 is 0 Å². The highest BCUT2D eigenvalue weighted by Crippen LogP contribution is 2.34. The molecule has 4 aromatic rings. The van der Waals surface area contributed by atoms with Crippen LogP contribution in [0.1, 0.15) is 57.8 Å². The van der Waals surface area contributed by atoms with Gasteiger partial charge in [0.25, 0.3) is 5.91 Å². The van der Waals surface area contributed by atoms with Crippen LogP contribution in [0.3, 0.4) is 0 Å². The molecule has 0 spiro atoms. The lowest BCUT2D eigenvalue weighted by Crippen LogP contribution is -2.13. The minimum absolute atomic E-state index is 0.0798. The smallest absolute Gasteiger partial charge is 0.257 e. The average molecular weight is 434 g/mol. The fourth-order valence-electron chi connectivity index (χ4n) is 3.63. The molecule has 0 atom stereocenters. The van der Waals surface area contributed by atoms with Crippen LogP contribution < -0.4 is 5.32 Å². The van der Waals surface area contributed by atoms with Crippen LogP contribution in [0.15, 0.2) is 22.7 Å². The van der Waals surface area contributed by atoms with Gasteiger partial charge in [0.2, 0.25) is 0 Å². The summed E-state index contributed by atoms with van der Waals surface area (Å²) in [5.74, 6) is 1.22. The Bertz CT molecular complexity index is 1370. The molecule has 0 saturated carbocycles. The van der Waals surface area contributed by atoms with E-state index < -0.39 is 0 Å². The number of aromatic nitrogens is 3. The number of carbonyl (C=O) groups is 1. The molecule has 0 aliphatic rings. The minimum Gasteiger partial charge on any atom is -0.466 e. The number of aryl methyl sites for hydroxylation is 3. The second kappa shape index (κ2) is 7.67. The molecule has 4 aromatic heterocycles. The Balaban J connectivity index is 1.88. The van der Waals surface area contributed by atoms with Gasteiger partial charge in [0, 0.05) is 16.5 Å². The number of furan rings is 1. The summed E-state index contributed by atoms with van der Waals surface area (Å²) in [6.07, 6.45) is 1.67. The summed E-state index contributed by atoms with van der Waals surface area (Å²) < 4.78 is 7.49. The number of carbonyl (C=O) groups excluding carboxylic acids is 1. The number of nitrogens with one attached hydrogen (secondary N) is 1. The molecule has 4 heterocycles. The lowest BCUT2D eigenvalue weighted by atomic mass is 10.1. The molecular weight excluding hydrogens is 410 g/mol. The molecule has 0 aromatic carbocycles. The van der Waals surface area contributed by atoms with Gasteiger partial charge in [-0.05, 0) is 59.2 Å². The number of nitriles is 1. The van der Waals surface area contributed by atoms with Crippen LogP contribution in [0.5, 0.6) is 0 Å². The molecule has 0 bridgehead atoms. The quantitative estimate of drug-likeness (QED) is 0.446. The molecule has 0 aliphatic carbocycles. The molecule has 0 aliphatic heterocycles. The van der Waals surface area contributed by atoms with Crippen molar-refractivity contribution in [3.05, 3.63) is 51.4 Å². The first-order chi connectivity index (χ1) is 14.7. The predicted octanol–water partition coefficient (Wildman–Crippen LogP) is 5.69. The Morgan fingerprint density at radius 2 is 2.00 bits per heavy atom. The Hall–Kier alpha value is -3.44. The molecule has 1 N–H and O–H groups in total. The molecule has 4 rings (SSSR count). The number of anilines is 1. The SMILES string of the molecule is Cc1cc(-c2cc(C(=O)Nc3sc(C)c(C)c3C#N)c3cnn(C(C)C)c3n2)c(C)o1. The van der Waals surface area contributed by atoms with Crippen LogP contribution in [0.25, 0.3) is 22.3 Å². The largest absolute Gasteiger partial charge is 0.466 e. The zero-order chi connectivity index (χ0) is 22.4. The maximum atomic E-state index is 13.4. The Morgan fingerprint density at radius 3 is 2.61 bits per heavy atom. The van der Waals surface area contributed by atoms with Crippen molar-refractivity contribution in [3.8, 4) is 17.3 Å². The van der Waals surface area contributed by atoms with Crippen molar-refractivity contribution in [2.24, 2.45) is 0 Å². The van der Waals surface area contributed by atoms with Crippen LogP contribution in [0, 0.1) is 39.0 Å². The summed E-state index contributed by atoms with van der Waals surface area (Å²) in [5, 5.41) is 18.1. The van der Waals surface area contributed by atoms with Gasteiger partial charge >= 0.3 is 0 Å². The van der Waals surface area contributed by atoms with Crippen LogP contribution in [-0.4, -0.2) is 20.7 Å². The fraction of sp³-hybridized carbons (Fsp3) is 0.304. The fourth-order valence-corrected chi connectivity index (χ4v) is 4.63. The van der Waals surface area contributed by atoms with Gasteiger partial charge in [0.05, 0.1) is 28.4 Å². The van der Waals surface area contributed by atoms with Crippen LogP contribution in [0.2, 0.25) is 0 Å². The zero-order valence-electron chi connectivity index (χ0n) is 18.3. The van der Waals surface area contributed by atoms with E-state index in [4.69, 9.17) is 9.40 Å². The Kier molecular flexibility index (Phi) is 5.15. The second-order valence-electron chi connectivity index (χ2n) is 7.86. The van der Waals surface area contributed by atoms with Gasteiger partial charge in [-0.2, -0.15) is 10.4 Å². The highest BCUT2D eigenvalue weighted by atomic mass is 32.1. The lowest BCUT2D eigenvalue weighted by Gasteiger charge is -2.10. The van der Waals surface area contributed by atoms with E-state index in [9.17, 15) is 10.1 Å².